The van der Waals surface area contributed by atoms with E-state index >= 15 is 0 Å². The summed E-state index contributed by atoms with van der Waals surface area (Å²) < 4.78 is 4.21. The molecule has 1 unspecified atom stereocenters. The molecule has 1 aliphatic rings. The highest BCUT2D eigenvalue weighted by Crippen LogP contribution is 2.22. The Hall–Kier alpha value is -1.82. The molecular weight excluding hydrogens is 264 g/mol. The van der Waals surface area contributed by atoms with Crippen LogP contribution in [0.1, 0.15) is 23.5 Å². The van der Waals surface area contributed by atoms with Crippen molar-refractivity contribution in [3.8, 4) is 0 Å². The molecule has 0 fully saturated rings. The first-order chi connectivity index (χ1) is 10.1. The van der Waals surface area contributed by atoms with Crippen molar-refractivity contribution in [2.24, 2.45) is 7.05 Å². The van der Waals surface area contributed by atoms with Crippen molar-refractivity contribution in [1.29, 1.82) is 0 Å². The molecule has 6 nitrogen and oxygen atoms in total. The molecule has 0 amide bonds. The number of anilines is 1. The van der Waals surface area contributed by atoms with Gasteiger partial charge in [0, 0.05) is 64.7 Å². The molecule has 114 valence electrons. The van der Waals surface area contributed by atoms with Gasteiger partial charge in [0.1, 0.15) is 11.6 Å². The van der Waals surface area contributed by atoms with Crippen LogP contribution in [0, 0.1) is 6.92 Å². The van der Waals surface area contributed by atoms with Crippen LogP contribution in [-0.4, -0.2) is 39.5 Å². The first-order valence-corrected chi connectivity index (χ1v) is 7.49. The molecule has 0 radical (unpaired) electrons. The molecule has 0 spiro atoms. The smallest absolute Gasteiger partial charge is 0.130 e. The van der Waals surface area contributed by atoms with Gasteiger partial charge in [-0.3, -0.25) is 4.68 Å². The van der Waals surface area contributed by atoms with Crippen molar-refractivity contribution in [2.75, 3.05) is 19.0 Å². The largest absolute Gasteiger partial charge is 0.363 e. The zero-order valence-electron chi connectivity index (χ0n) is 13.3. The van der Waals surface area contributed by atoms with Gasteiger partial charge in [-0.15, -0.1) is 0 Å². The zero-order chi connectivity index (χ0) is 15.0. The Bertz CT molecular complexity index is 624. The van der Waals surface area contributed by atoms with Crippen LogP contribution < -0.4 is 10.2 Å². The Morgan fingerprint density at radius 3 is 3.00 bits per heavy atom. The normalized spacial score (nSPS) is 17.8. The number of hydrogen-bond acceptors (Lipinski definition) is 4. The first-order valence-electron chi connectivity index (χ1n) is 7.49. The van der Waals surface area contributed by atoms with E-state index in [1.807, 2.05) is 17.9 Å². The number of imidazole rings is 1. The van der Waals surface area contributed by atoms with Crippen LogP contribution in [0.5, 0.6) is 0 Å². The zero-order valence-corrected chi connectivity index (χ0v) is 13.3. The van der Waals surface area contributed by atoms with Gasteiger partial charge >= 0.3 is 0 Å². The van der Waals surface area contributed by atoms with Gasteiger partial charge in [0.2, 0.25) is 0 Å². The van der Waals surface area contributed by atoms with Crippen LogP contribution in [0.4, 0.5) is 5.82 Å². The predicted molar refractivity (Wildman–Crippen MR) is 83.4 cm³/mol. The van der Waals surface area contributed by atoms with Crippen LogP contribution in [0.3, 0.4) is 0 Å². The summed E-state index contributed by atoms with van der Waals surface area (Å²) in [5.74, 6) is 2.39. The predicted octanol–water partition coefficient (Wildman–Crippen LogP) is 1.10. The molecule has 2 aromatic rings. The summed E-state index contributed by atoms with van der Waals surface area (Å²) in [7, 11) is 6.14. The van der Waals surface area contributed by atoms with Gasteiger partial charge in [-0.2, -0.15) is 5.10 Å². The summed E-state index contributed by atoms with van der Waals surface area (Å²) in [6.07, 6.45) is 6.17. The van der Waals surface area contributed by atoms with E-state index in [4.69, 9.17) is 0 Å². The monoisotopic (exact) mass is 288 g/mol. The van der Waals surface area contributed by atoms with Crippen molar-refractivity contribution < 1.29 is 0 Å². The number of nitrogens with one attached hydrogen (secondary N) is 1. The molecule has 0 aliphatic carbocycles. The van der Waals surface area contributed by atoms with Crippen molar-refractivity contribution in [2.45, 2.75) is 38.9 Å². The minimum absolute atomic E-state index is 0.501. The summed E-state index contributed by atoms with van der Waals surface area (Å²) in [6, 6.07) is 0.501. The highest BCUT2D eigenvalue weighted by Gasteiger charge is 2.20. The Kier molecular flexibility index (Phi) is 3.71. The third-order valence-electron chi connectivity index (χ3n) is 4.24. The van der Waals surface area contributed by atoms with Gasteiger partial charge < -0.3 is 14.8 Å². The van der Waals surface area contributed by atoms with E-state index in [1.54, 1.807) is 0 Å². The van der Waals surface area contributed by atoms with Crippen LogP contribution in [-0.2, 0) is 26.6 Å². The topological polar surface area (TPSA) is 50.9 Å². The fourth-order valence-electron chi connectivity index (χ4n) is 3.24. The molecule has 0 saturated heterocycles. The van der Waals surface area contributed by atoms with Gasteiger partial charge in [0.25, 0.3) is 0 Å². The van der Waals surface area contributed by atoms with Gasteiger partial charge in [-0.25, -0.2) is 4.98 Å². The standard InChI is InChI=1S/C15H24N6/c1-11-13(15(19(2)3)20(4)18-11)9-17-12-5-6-14-16-7-8-21(14)10-12/h7-8,12,17H,5-6,9-10H2,1-4H3. The molecular formula is C15H24N6. The Balaban J connectivity index is 1.69. The summed E-state index contributed by atoms with van der Waals surface area (Å²) in [5.41, 5.74) is 2.40. The maximum absolute atomic E-state index is 4.54. The van der Waals surface area contributed by atoms with E-state index in [0.717, 1.165) is 31.6 Å². The lowest BCUT2D eigenvalue weighted by Crippen LogP contribution is -2.37. The first kappa shape index (κ1) is 14.1. The number of nitrogens with zero attached hydrogens (tertiary/aromatic N) is 5. The second-order valence-electron chi connectivity index (χ2n) is 6.02. The van der Waals surface area contributed by atoms with E-state index in [-0.39, 0.29) is 0 Å². The minimum Gasteiger partial charge on any atom is -0.363 e. The molecule has 0 aromatic carbocycles. The second kappa shape index (κ2) is 5.52. The van der Waals surface area contributed by atoms with Crippen LogP contribution in [0.15, 0.2) is 12.4 Å². The number of hydrogen-bond donors (Lipinski definition) is 1. The van der Waals surface area contributed by atoms with Gasteiger partial charge in [-0.1, -0.05) is 0 Å². The van der Waals surface area contributed by atoms with Gasteiger partial charge in [-0.05, 0) is 13.3 Å². The third-order valence-corrected chi connectivity index (χ3v) is 4.24. The highest BCUT2D eigenvalue weighted by molar-refractivity contribution is 5.48. The number of aryl methyl sites for hydroxylation is 3. The van der Waals surface area contributed by atoms with Crippen molar-refractivity contribution in [3.63, 3.8) is 0 Å². The van der Waals surface area contributed by atoms with Crippen molar-refractivity contribution in [3.05, 3.63) is 29.5 Å². The quantitative estimate of drug-likeness (QED) is 0.915. The number of fused-ring (bicyclic) bond motifs is 1. The van der Waals surface area contributed by atoms with Crippen LogP contribution >= 0.6 is 0 Å². The number of rotatable bonds is 4. The van der Waals surface area contributed by atoms with Crippen molar-refractivity contribution >= 4 is 5.82 Å². The minimum atomic E-state index is 0.501. The molecule has 0 bridgehead atoms. The summed E-state index contributed by atoms with van der Waals surface area (Å²) >= 11 is 0. The number of aromatic nitrogens is 4. The van der Waals surface area contributed by atoms with E-state index in [9.17, 15) is 0 Å². The average molecular weight is 288 g/mol. The molecule has 6 heteroatoms. The third kappa shape index (κ3) is 2.68. The lowest BCUT2D eigenvalue weighted by molar-refractivity contribution is 0.378. The Morgan fingerprint density at radius 2 is 2.24 bits per heavy atom. The molecule has 1 atom stereocenters. The maximum atomic E-state index is 4.54. The molecule has 0 saturated carbocycles. The van der Waals surface area contributed by atoms with Crippen LogP contribution in [0.25, 0.3) is 0 Å². The van der Waals surface area contributed by atoms with Crippen LogP contribution in [0.2, 0.25) is 0 Å². The molecule has 2 aromatic heterocycles. The highest BCUT2D eigenvalue weighted by atomic mass is 15.4. The fraction of sp³-hybridized carbons (Fsp3) is 0.600. The Labute approximate surface area is 125 Å². The molecule has 21 heavy (non-hydrogen) atoms. The summed E-state index contributed by atoms with van der Waals surface area (Å²) in [4.78, 5) is 6.51. The molecule has 1 aliphatic heterocycles. The lowest BCUT2D eigenvalue weighted by atomic mass is 10.1. The maximum Gasteiger partial charge on any atom is 0.130 e. The average Bonchev–Trinajstić information content (AvgIpc) is 2.99. The van der Waals surface area contributed by atoms with Gasteiger partial charge in [0.15, 0.2) is 0 Å². The molecule has 3 heterocycles. The Morgan fingerprint density at radius 1 is 1.43 bits per heavy atom. The lowest BCUT2D eigenvalue weighted by Gasteiger charge is -2.25. The van der Waals surface area contributed by atoms with E-state index in [0.29, 0.717) is 6.04 Å². The fourth-order valence-corrected chi connectivity index (χ4v) is 3.24. The molecule has 3 rings (SSSR count). The van der Waals surface area contributed by atoms with Gasteiger partial charge in [0.05, 0.1) is 5.69 Å². The second-order valence-corrected chi connectivity index (χ2v) is 6.02. The molecule has 1 N–H and O–H groups in total. The van der Waals surface area contributed by atoms with E-state index in [1.165, 1.54) is 17.2 Å². The SMILES string of the molecule is Cc1nn(C)c(N(C)C)c1CNC1CCc2nccn2C1. The van der Waals surface area contributed by atoms with E-state index < -0.39 is 0 Å². The van der Waals surface area contributed by atoms with Crippen molar-refractivity contribution in [1.82, 2.24) is 24.6 Å². The summed E-state index contributed by atoms with van der Waals surface area (Å²) in [6.45, 7) is 3.95. The summed E-state index contributed by atoms with van der Waals surface area (Å²) in [5, 5.41) is 8.23. The van der Waals surface area contributed by atoms with E-state index in [2.05, 4.69) is 52.1 Å².